The summed E-state index contributed by atoms with van der Waals surface area (Å²) in [5.74, 6) is -2.76. The van der Waals surface area contributed by atoms with Crippen molar-refractivity contribution >= 4 is 25.3 Å². The predicted molar refractivity (Wildman–Crippen MR) is 183 cm³/mol. The minimum Gasteiger partial charge on any atom is -0.460 e. The first-order valence-electron chi connectivity index (χ1n) is 15.9. The van der Waals surface area contributed by atoms with Crippen LogP contribution in [-0.4, -0.2) is 40.7 Å². The van der Waals surface area contributed by atoms with Crippen LogP contribution < -0.4 is 0 Å². The van der Waals surface area contributed by atoms with Gasteiger partial charge in [-0.15, -0.1) is 6.58 Å². The van der Waals surface area contributed by atoms with E-state index in [1.165, 1.54) is 0 Å². The number of imide groups is 1. The molecule has 250 valence electrons. The van der Waals surface area contributed by atoms with Gasteiger partial charge in [0, 0.05) is 5.92 Å². The Morgan fingerprint density at radius 2 is 1.45 bits per heavy atom. The van der Waals surface area contributed by atoms with E-state index >= 15 is 0 Å². The van der Waals surface area contributed by atoms with Crippen LogP contribution in [0.1, 0.15) is 82.2 Å². The van der Waals surface area contributed by atoms with Crippen LogP contribution in [0.15, 0.2) is 97.6 Å². The molecule has 1 aliphatic heterocycles. The summed E-state index contributed by atoms with van der Waals surface area (Å²) in [6.45, 7) is 15.0. The normalized spacial score (nSPS) is 17.7. The number of carbonyl (C=O) groups excluding carboxylic acids is 3. The lowest BCUT2D eigenvalue weighted by molar-refractivity contribution is -0.158. The van der Waals surface area contributed by atoms with Crippen LogP contribution >= 0.6 is 7.37 Å². The molecule has 0 radical (unpaired) electrons. The first-order chi connectivity index (χ1) is 22.1. The Kier molecular flexibility index (Phi) is 11.3. The van der Waals surface area contributed by atoms with Crippen molar-refractivity contribution in [1.29, 1.82) is 0 Å². The second-order valence-electron chi connectivity index (χ2n) is 13.9. The third kappa shape index (κ3) is 9.99. The average molecular weight is 660 g/mol. The van der Waals surface area contributed by atoms with Crippen LogP contribution in [-0.2, 0) is 40.5 Å². The maximum atomic E-state index is 14.3. The fraction of sp³-hybridized carbons (Fsp3) is 0.395. The van der Waals surface area contributed by atoms with Gasteiger partial charge in [-0.2, -0.15) is 0 Å². The number of allylic oxidation sites excluding steroid dienone is 1. The van der Waals surface area contributed by atoms with Crippen LogP contribution in [0.3, 0.4) is 0 Å². The standard InChI is InChI=1S/C38H46NO7P/c1-8-31(29-21-19-28(20-22-29)26-47(43,46-38(5,6)7)25-27-15-11-9-12-16-27)32(23-34(40)45-37(2,3)4)35(41)39-33(24-44-36(39)42)30-17-13-10-14-18-30/h8-22,31-33H,1,23-26H2,2-7H3/t31-,32+,33-,47?/m1/s1. The molecular formula is C38H46NO7P. The number of amides is 2. The second-order valence-corrected chi connectivity index (χ2v) is 16.4. The van der Waals surface area contributed by atoms with Crippen molar-refractivity contribution in [2.24, 2.45) is 5.92 Å². The number of nitrogens with zero attached hydrogens (tertiary/aromatic N) is 1. The Bertz CT molecular complexity index is 1590. The van der Waals surface area contributed by atoms with Gasteiger partial charge in [0.1, 0.15) is 18.2 Å². The molecular weight excluding hydrogens is 613 g/mol. The van der Waals surface area contributed by atoms with E-state index in [0.717, 1.165) is 21.6 Å². The lowest BCUT2D eigenvalue weighted by Gasteiger charge is -2.30. The van der Waals surface area contributed by atoms with Crippen LogP contribution in [0.2, 0.25) is 0 Å². The van der Waals surface area contributed by atoms with Crippen LogP contribution in [0.4, 0.5) is 4.79 Å². The minimum atomic E-state index is -3.16. The Balaban J connectivity index is 1.65. The van der Waals surface area contributed by atoms with Gasteiger partial charge >= 0.3 is 12.1 Å². The summed E-state index contributed by atoms with van der Waals surface area (Å²) in [6.07, 6.45) is 1.10. The molecule has 4 rings (SSSR count). The van der Waals surface area contributed by atoms with Crippen molar-refractivity contribution in [2.45, 2.75) is 83.4 Å². The van der Waals surface area contributed by atoms with Crippen LogP contribution in [0, 0.1) is 5.92 Å². The van der Waals surface area contributed by atoms with E-state index in [2.05, 4.69) is 6.58 Å². The molecule has 0 N–H and O–H groups in total. The number of hydrogen-bond donors (Lipinski definition) is 0. The lowest BCUT2D eigenvalue weighted by atomic mass is 9.82. The third-order valence-corrected chi connectivity index (χ3v) is 10.2. The van der Waals surface area contributed by atoms with E-state index in [-0.39, 0.29) is 19.2 Å². The van der Waals surface area contributed by atoms with Gasteiger partial charge in [-0.05, 0) is 63.8 Å². The van der Waals surface area contributed by atoms with Gasteiger partial charge < -0.3 is 14.0 Å². The van der Waals surface area contributed by atoms with Crippen molar-refractivity contribution in [3.63, 3.8) is 0 Å². The summed E-state index contributed by atoms with van der Waals surface area (Å²) in [5, 5.41) is 0. The van der Waals surface area contributed by atoms with Gasteiger partial charge in [-0.25, -0.2) is 9.69 Å². The summed E-state index contributed by atoms with van der Waals surface area (Å²) in [7, 11) is -3.16. The SMILES string of the molecule is C=C[C@H](c1ccc(CP(=O)(Cc2ccccc2)OC(C)(C)C)cc1)[C@H](CC(=O)OC(C)(C)C)C(=O)N1C(=O)OC[C@@H]1c1ccccc1. The fourth-order valence-electron chi connectivity index (χ4n) is 5.83. The molecule has 0 aromatic heterocycles. The lowest BCUT2D eigenvalue weighted by Crippen LogP contribution is -2.42. The van der Waals surface area contributed by atoms with Crippen molar-refractivity contribution in [3.8, 4) is 0 Å². The van der Waals surface area contributed by atoms with Crippen molar-refractivity contribution in [2.75, 3.05) is 6.61 Å². The van der Waals surface area contributed by atoms with E-state index in [4.69, 9.17) is 14.0 Å². The molecule has 3 aromatic rings. The summed E-state index contributed by atoms with van der Waals surface area (Å²) >= 11 is 0. The zero-order chi connectivity index (χ0) is 34.4. The Labute approximate surface area is 278 Å². The summed E-state index contributed by atoms with van der Waals surface area (Å²) in [6, 6.07) is 25.6. The zero-order valence-electron chi connectivity index (χ0n) is 28.2. The topological polar surface area (TPSA) is 99.2 Å². The molecule has 8 nitrogen and oxygen atoms in total. The quantitative estimate of drug-likeness (QED) is 0.109. The number of carbonyl (C=O) groups is 3. The molecule has 0 saturated carbocycles. The maximum Gasteiger partial charge on any atom is 0.417 e. The molecule has 0 spiro atoms. The molecule has 3 aromatic carbocycles. The molecule has 2 amide bonds. The van der Waals surface area contributed by atoms with Crippen molar-refractivity contribution in [1.82, 2.24) is 4.90 Å². The second kappa shape index (κ2) is 14.8. The highest BCUT2D eigenvalue weighted by molar-refractivity contribution is 7.57. The van der Waals surface area contributed by atoms with Crippen LogP contribution in [0.5, 0.6) is 0 Å². The molecule has 9 heteroatoms. The highest BCUT2D eigenvalue weighted by Gasteiger charge is 2.44. The summed E-state index contributed by atoms with van der Waals surface area (Å²) in [4.78, 5) is 41.5. The Morgan fingerprint density at radius 3 is 1.98 bits per heavy atom. The van der Waals surface area contributed by atoms with E-state index in [0.29, 0.717) is 11.7 Å². The van der Waals surface area contributed by atoms with E-state index in [1.54, 1.807) is 26.8 Å². The van der Waals surface area contributed by atoms with Gasteiger partial charge in [0.05, 0.1) is 30.3 Å². The Morgan fingerprint density at radius 1 is 0.894 bits per heavy atom. The summed E-state index contributed by atoms with van der Waals surface area (Å²) in [5.41, 5.74) is 1.83. The molecule has 4 atom stereocenters. The molecule has 1 heterocycles. The van der Waals surface area contributed by atoms with Gasteiger partial charge in [0.15, 0.2) is 0 Å². The Hall–Kier alpha value is -4.00. The molecule has 1 saturated heterocycles. The van der Waals surface area contributed by atoms with Crippen molar-refractivity contribution in [3.05, 3.63) is 120 Å². The summed E-state index contributed by atoms with van der Waals surface area (Å²) < 4.78 is 31.4. The molecule has 47 heavy (non-hydrogen) atoms. The smallest absolute Gasteiger partial charge is 0.417 e. The number of hydrogen-bond acceptors (Lipinski definition) is 7. The zero-order valence-corrected chi connectivity index (χ0v) is 29.1. The fourth-order valence-corrected chi connectivity index (χ4v) is 8.61. The highest BCUT2D eigenvalue weighted by Crippen LogP contribution is 2.56. The first kappa shape index (κ1) is 35.8. The van der Waals surface area contributed by atoms with E-state index in [9.17, 15) is 18.9 Å². The van der Waals surface area contributed by atoms with Gasteiger partial charge in [-0.3, -0.25) is 14.2 Å². The molecule has 0 aliphatic carbocycles. The largest absolute Gasteiger partial charge is 0.460 e. The molecule has 0 bridgehead atoms. The van der Waals surface area contributed by atoms with Gasteiger partial charge in [-0.1, -0.05) is 91.0 Å². The van der Waals surface area contributed by atoms with Gasteiger partial charge in [0.2, 0.25) is 13.3 Å². The average Bonchev–Trinajstić information content (AvgIpc) is 3.37. The number of benzene rings is 3. The van der Waals surface area contributed by atoms with Gasteiger partial charge in [0.25, 0.3) is 0 Å². The third-order valence-electron chi connectivity index (χ3n) is 7.60. The minimum absolute atomic E-state index is 0.0148. The van der Waals surface area contributed by atoms with Crippen LogP contribution in [0.25, 0.3) is 0 Å². The maximum absolute atomic E-state index is 14.3. The highest BCUT2D eigenvalue weighted by atomic mass is 31.2. The van der Waals surface area contributed by atoms with Crippen molar-refractivity contribution < 1.29 is 32.9 Å². The molecule has 1 aliphatic rings. The van der Waals surface area contributed by atoms with E-state index < -0.39 is 54.4 Å². The predicted octanol–water partition coefficient (Wildman–Crippen LogP) is 8.82. The number of esters is 1. The number of cyclic esters (lactones) is 1. The molecule has 1 fully saturated rings. The van der Waals surface area contributed by atoms with E-state index in [1.807, 2.05) is 106 Å². The number of rotatable bonds is 12. The first-order valence-corrected chi connectivity index (χ1v) is 17.9. The monoisotopic (exact) mass is 659 g/mol. The number of ether oxygens (including phenoxy) is 2. The molecule has 1 unspecified atom stereocenters.